The lowest BCUT2D eigenvalue weighted by Gasteiger charge is -2.57. The maximum atomic E-state index is 12.6. The van der Waals surface area contributed by atoms with Crippen molar-refractivity contribution in [3.8, 4) is 0 Å². The van der Waals surface area contributed by atoms with Crippen LogP contribution >= 0.6 is 0 Å². The average Bonchev–Trinajstić information content (AvgIpc) is 2.85. The Morgan fingerprint density at radius 3 is 1.86 bits per heavy atom. The van der Waals surface area contributed by atoms with Crippen LogP contribution in [0.4, 0.5) is 0 Å². The van der Waals surface area contributed by atoms with Crippen LogP contribution in [0.5, 0.6) is 0 Å². The summed E-state index contributed by atoms with van der Waals surface area (Å²) in [7, 11) is 0. The van der Waals surface area contributed by atoms with Crippen molar-refractivity contribution < 1.29 is 14.7 Å². The van der Waals surface area contributed by atoms with Crippen molar-refractivity contribution in [1.29, 1.82) is 0 Å². The molecule has 0 heterocycles. The zero-order chi connectivity index (χ0) is 14.6. The van der Waals surface area contributed by atoms with Gasteiger partial charge in [-0.1, -0.05) is 0 Å². The molecule has 5 rings (SSSR count). The molecule has 5 saturated carbocycles. The minimum atomic E-state index is -0.736. The lowest BCUT2D eigenvalue weighted by molar-refractivity contribution is -0.141. The van der Waals surface area contributed by atoms with Crippen LogP contribution in [0, 0.1) is 29.6 Å². The SMILES string of the molecule is O=C(O)[C@@H]1CC[C@H](C(=O)NC23CC4CC(CC(C4)C2)C3)C1. The van der Waals surface area contributed by atoms with Gasteiger partial charge in [0.05, 0.1) is 5.92 Å². The zero-order valence-corrected chi connectivity index (χ0v) is 12.5. The minimum absolute atomic E-state index is 0.0626. The summed E-state index contributed by atoms with van der Waals surface area (Å²) in [5.41, 5.74) is 0.0626. The fourth-order valence-electron chi connectivity index (χ4n) is 6.07. The summed E-state index contributed by atoms with van der Waals surface area (Å²) in [5.74, 6) is 1.50. The number of carboxylic acid groups (broad SMARTS) is 1. The molecule has 0 aromatic carbocycles. The number of hydrogen-bond acceptors (Lipinski definition) is 2. The first-order valence-electron chi connectivity index (χ1n) is 8.58. The number of aliphatic carboxylic acids is 1. The summed E-state index contributed by atoms with van der Waals surface area (Å²) >= 11 is 0. The number of amides is 1. The van der Waals surface area contributed by atoms with Gasteiger partial charge in [-0.25, -0.2) is 0 Å². The molecule has 116 valence electrons. The standard InChI is InChI=1S/C17H25NO3/c19-15(13-1-2-14(6-13)16(20)21)18-17-7-10-3-11(8-17)5-12(4-10)9-17/h10-14H,1-9H2,(H,18,19)(H,20,21)/t10?,11?,12?,13-,14+,17?/m0/s1. The van der Waals surface area contributed by atoms with Crippen LogP contribution in [0.1, 0.15) is 57.8 Å². The molecule has 0 aromatic heterocycles. The molecule has 0 aliphatic heterocycles. The van der Waals surface area contributed by atoms with E-state index in [2.05, 4.69) is 5.32 Å². The zero-order valence-electron chi connectivity index (χ0n) is 12.5. The highest BCUT2D eigenvalue weighted by Crippen LogP contribution is 2.55. The second-order valence-electron chi connectivity index (χ2n) is 8.23. The number of carboxylic acids is 1. The molecule has 1 amide bonds. The smallest absolute Gasteiger partial charge is 0.306 e. The van der Waals surface area contributed by atoms with E-state index in [0.29, 0.717) is 12.8 Å². The van der Waals surface area contributed by atoms with Crippen molar-refractivity contribution in [3.05, 3.63) is 0 Å². The van der Waals surface area contributed by atoms with Crippen LogP contribution in [0.2, 0.25) is 0 Å². The third-order valence-corrected chi connectivity index (χ3v) is 6.58. The highest BCUT2D eigenvalue weighted by molar-refractivity contribution is 5.81. The summed E-state index contributed by atoms with van der Waals surface area (Å²) < 4.78 is 0. The second-order valence-corrected chi connectivity index (χ2v) is 8.23. The second kappa shape index (κ2) is 4.72. The van der Waals surface area contributed by atoms with Gasteiger partial charge in [-0.05, 0) is 75.5 Å². The third-order valence-electron chi connectivity index (χ3n) is 6.58. The van der Waals surface area contributed by atoms with Gasteiger partial charge in [0.2, 0.25) is 5.91 Å². The molecule has 4 heteroatoms. The first kappa shape index (κ1) is 13.6. The first-order chi connectivity index (χ1) is 10.0. The van der Waals surface area contributed by atoms with Crippen LogP contribution in [0.3, 0.4) is 0 Å². The van der Waals surface area contributed by atoms with Crippen LogP contribution in [-0.2, 0) is 9.59 Å². The highest BCUT2D eigenvalue weighted by Gasteiger charge is 2.52. The molecule has 5 fully saturated rings. The number of carbonyl (C=O) groups excluding carboxylic acids is 1. The van der Waals surface area contributed by atoms with E-state index in [9.17, 15) is 9.59 Å². The third kappa shape index (κ3) is 2.36. The molecule has 0 unspecified atom stereocenters. The summed E-state index contributed by atoms with van der Waals surface area (Å²) in [5, 5.41) is 12.5. The van der Waals surface area contributed by atoms with E-state index in [4.69, 9.17) is 5.11 Å². The molecule has 2 atom stereocenters. The number of rotatable bonds is 3. The molecule has 5 aliphatic carbocycles. The van der Waals surface area contributed by atoms with Crippen LogP contribution in [0.25, 0.3) is 0 Å². The Bertz CT molecular complexity index is 437. The van der Waals surface area contributed by atoms with E-state index >= 15 is 0 Å². The molecule has 4 bridgehead atoms. The Balaban J connectivity index is 1.42. The van der Waals surface area contributed by atoms with Crippen molar-refractivity contribution in [3.63, 3.8) is 0 Å². The summed E-state index contributed by atoms with van der Waals surface area (Å²) in [6.07, 6.45) is 9.56. The number of nitrogens with one attached hydrogen (secondary N) is 1. The molecule has 2 N–H and O–H groups in total. The van der Waals surface area contributed by atoms with Crippen molar-refractivity contribution >= 4 is 11.9 Å². The monoisotopic (exact) mass is 291 g/mol. The van der Waals surface area contributed by atoms with Gasteiger partial charge in [-0.15, -0.1) is 0 Å². The van der Waals surface area contributed by atoms with Gasteiger partial charge in [0.15, 0.2) is 0 Å². The molecule has 5 aliphatic rings. The van der Waals surface area contributed by atoms with E-state index in [0.717, 1.165) is 24.2 Å². The van der Waals surface area contributed by atoms with E-state index < -0.39 is 5.97 Å². The van der Waals surface area contributed by atoms with E-state index in [-0.39, 0.29) is 23.3 Å². The number of hydrogen-bond donors (Lipinski definition) is 2. The van der Waals surface area contributed by atoms with Gasteiger partial charge in [0.25, 0.3) is 0 Å². The fraction of sp³-hybridized carbons (Fsp3) is 0.882. The van der Waals surface area contributed by atoms with Crippen LogP contribution < -0.4 is 5.32 Å². The van der Waals surface area contributed by atoms with Crippen LogP contribution in [0.15, 0.2) is 0 Å². The van der Waals surface area contributed by atoms with Crippen molar-refractivity contribution in [2.24, 2.45) is 29.6 Å². The van der Waals surface area contributed by atoms with Gasteiger partial charge in [-0.3, -0.25) is 9.59 Å². The van der Waals surface area contributed by atoms with Crippen molar-refractivity contribution in [2.75, 3.05) is 0 Å². The van der Waals surface area contributed by atoms with Gasteiger partial charge in [0.1, 0.15) is 0 Å². The van der Waals surface area contributed by atoms with Gasteiger partial charge in [0, 0.05) is 11.5 Å². The van der Waals surface area contributed by atoms with Gasteiger partial charge < -0.3 is 10.4 Å². The predicted molar refractivity (Wildman–Crippen MR) is 77.5 cm³/mol. The Hall–Kier alpha value is -1.06. The molecule has 0 spiro atoms. The molecule has 0 saturated heterocycles. The fourth-order valence-corrected chi connectivity index (χ4v) is 6.07. The molecular weight excluding hydrogens is 266 g/mol. The Labute approximate surface area is 125 Å². The maximum absolute atomic E-state index is 12.6. The van der Waals surface area contributed by atoms with Crippen molar-refractivity contribution in [1.82, 2.24) is 5.32 Å². The molecular formula is C17H25NO3. The molecule has 4 nitrogen and oxygen atoms in total. The lowest BCUT2D eigenvalue weighted by Crippen LogP contribution is -2.60. The Morgan fingerprint density at radius 2 is 1.38 bits per heavy atom. The normalized spacial score (nSPS) is 47.5. The largest absolute Gasteiger partial charge is 0.481 e. The van der Waals surface area contributed by atoms with E-state index in [1.165, 1.54) is 38.5 Å². The first-order valence-corrected chi connectivity index (χ1v) is 8.58. The van der Waals surface area contributed by atoms with Crippen LogP contribution in [-0.4, -0.2) is 22.5 Å². The highest BCUT2D eigenvalue weighted by atomic mass is 16.4. The van der Waals surface area contributed by atoms with E-state index in [1.54, 1.807) is 0 Å². The lowest BCUT2D eigenvalue weighted by atomic mass is 9.53. The van der Waals surface area contributed by atoms with E-state index in [1.807, 2.05) is 0 Å². The Kier molecular flexibility index (Phi) is 3.05. The minimum Gasteiger partial charge on any atom is -0.481 e. The summed E-state index contributed by atoms with van der Waals surface area (Å²) in [6.45, 7) is 0. The number of carbonyl (C=O) groups is 2. The summed E-state index contributed by atoms with van der Waals surface area (Å²) in [4.78, 5) is 23.6. The van der Waals surface area contributed by atoms with Gasteiger partial charge >= 0.3 is 5.97 Å². The Morgan fingerprint density at radius 1 is 0.857 bits per heavy atom. The van der Waals surface area contributed by atoms with Crippen molar-refractivity contribution in [2.45, 2.75) is 63.3 Å². The average molecular weight is 291 g/mol. The molecule has 0 aromatic rings. The van der Waals surface area contributed by atoms with Gasteiger partial charge in [-0.2, -0.15) is 0 Å². The molecule has 0 radical (unpaired) electrons. The summed E-state index contributed by atoms with van der Waals surface area (Å²) in [6, 6.07) is 0. The quantitative estimate of drug-likeness (QED) is 0.840. The maximum Gasteiger partial charge on any atom is 0.306 e. The molecule has 21 heavy (non-hydrogen) atoms. The predicted octanol–water partition coefficient (Wildman–Crippen LogP) is 2.57. The topological polar surface area (TPSA) is 66.4 Å².